The van der Waals surface area contributed by atoms with E-state index in [0.29, 0.717) is 17.3 Å². The summed E-state index contributed by atoms with van der Waals surface area (Å²) in [7, 11) is 0. The zero-order chi connectivity index (χ0) is 23.4. The van der Waals surface area contributed by atoms with Gasteiger partial charge in [0.25, 0.3) is 0 Å². The summed E-state index contributed by atoms with van der Waals surface area (Å²) in [5, 5.41) is 3.15. The van der Waals surface area contributed by atoms with Crippen LogP contribution in [0.2, 0.25) is 0 Å². The monoisotopic (exact) mass is 476 g/mol. The van der Waals surface area contributed by atoms with Crippen LogP contribution in [0, 0.1) is 0 Å². The van der Waals surface area contributed by atoms with Crippen LogP contribution in [0.3, 0.4) is 0 Å². The summed E-state index contributed by atoms with van der Waals surface area (Å²) in [5.74, 6) is -0.731. The van der Waals surface area contributed by atoms with Crippen LogP contribution < -0.4 is 15.7 Å². The second-order valence-electron chi connectivity index (χ2n) is 7.33. The number of pyridine rings is 1. The van der Waals surface area contributed by atoms with E-state index in [9.17, 15) is 22.8 Å². The first-order valence-electron chi connectivity index (χ1n) is 10.1. The fourth-order valence-corrected chi connectivity index (χ4v) is 4.49. The van der Waals surface area contributed by atoms with Gasteiger partial charge in [0.05, 0.1) is 12.3 Å². The third-order valence-electron chi connectivity index (χ3n) is 4.98. The normalized spacial score (nSPS) is 12.9. The number of hydrogen-bond acceptors (Lipinski definition) is 6. The molecule has 4 rings (SSSR count). The van der Waals surface area contributed by atoms with Gasteiger partial charge in [0.2, 0.25) is 5.91 Å². The van der Waals surface area contributed by atoms with Crippen molar-refractivity contribution in [3.63, 3.8) is 0 Å². The van der Waals surface area contributed by atoms with Gasteiger partial charge in [-0.3, -0.25) is 14.3 Å². The number of hydrogen-bond donors (Lipinski definition) is 1. The van der Waals surface area contributed by atoms with Crippen molar-refractivity contribution in [3.05, 3.63) is 76.1 Å². The lowest BCUT2D eigenvalue weighted by Crippen LogP contribution is -2.28. The molecule has 0 fully saturated rings. The SMILES string of the molecule is O=C(CSc1nc(=O)n(Cc2cccnc2)c2c1CCC2)Nc1ccc(OC(F)(F)F)cc1. The molecule has 0 saturated heterocycles. The molecular formula is C22H19F3N4O3S. The Hall–Kier alpha value is -3.34. The highest BCUT2D eigenvalue weighted by atomic mass is 32.2. The van der Waals surface area contributed by atoms with Gasteiger partial charge in [-0.1, -0.05) is 17.8 Å². The van der Waals surface area contributed by atoms with Crippen molar-refractivity contribution in [2.45, 2.75) is 37.2 Å². The number of ether oxygens (including phenoxy) is 1. The lowest BCUT2D eigenvalue weighted by molar-refractivity contribution is -0.274. The summed E-state index contributed by atoms with van der Waals surface area (Å²) in [6.07, 6.45) is 1.05. The van der Waals surface area contributed by atoms with Crippen LogP contribution in [0.15, 0.2) is 58.6 Å². The van der Waals surface area contributed by atoms with Crippen molar-refractivity contribution < 1.29 is 22.7 Å². The Morgan fingerprint density at radius 3 is 2.67 bits per heavy atom. The van der Waals surface area contributed by atoms with Crippen molar-refractivity contribution in [1.29, 1.82) is 0 Å². The second kappa shape index (κ2) is 9.65. The number of anilines is 1. The van der Waals surface area contributed by atoms with Crippen molar-refractivity contribution >= 4 is 23.4 Å². The number of amides is 1. The van der Waals surface area contributed by atoms with Gasteiger partial charge in [0.15, 0.2) is 0 Å². The van der Waals surface area contributed by atoms with Crippen LogP contribution in [-0.2, 0) is 24.2 Å². The quantitative estimate of drug-likeness (QED) is 0.412. The standard InChI is InChI=1S/C22H19F3N4O3S/c23-22(24,25)32-16-8-6-15(7-9-16)27-19(30)13-33-20-17-4-1-5-18(17)29(21(31)28-20)12-14-3-2-10-26-11-14/h2-3,6-11H,1,4-5,12-13H2,(H,27,30). The molecule has 0 aliphatic heterocycles. The molecule has 11 heteroatoms. The highest BCUT2D eigenvalue weighted by molar-refractivity contribution is 8.00. The fraction of sp³-hybridized carbons (Fsp3) is 0.273. The molecule has 2 aromatic heterocycles. The molecule has 3 aromatic rings. The topological polar surface area (TPSA) is 86.1 Å². The van der Waals surface area contributed by atoms with Crippen LogP contribution >= 0.6 is 11.8 Å². The number of rotatable bonds is 7. The van der Waals surface area contributed by atoms with Crippen molar-refractivity contribution in [2.75, 3.05) is 11.1 Å². The fourth-order valence-electron chi connectivity index (χ4n) is 3.61. The van der Waals surface area contributed by atoms with E-state index in [1.54, 1.807) is 17.0 Å². The van der Waals surface area contributed by atoms with Crippen LogP contribution in [-0.4, -0.2) is 32.6 Å². The average molecular weight is 476 g/mol. The van der Waals surface area contributed by atoms with Crippen molar-refractivity contribution in [2.24, 2.45) is 0 Å². The predicted octanol–water partition coefficient (Wildman–Crippen LogP) is 3.80. The Labute approximate surface area is 191 Å². The summed E-state index contributed by atoms with van der Waals surface area (Å²) in [6.45, 7) is 0.390. The number of alkyl halides is 3. The first-order valence-corrected chi connectivity index (χ1v) is 11.1. The van der Waals surface area contributed by atoms with E-state index in [1.807, 2.05) is 12.1 Å². The summed E-state index contributed by atoms with van der Waals surface area (Å²) in [6, 6.07) is 8.58. The number of halogens is 3. The van der Waals surface area contributed by atoms with Gasteiger partial charge in [-0.2, -0.15) is 4.98 Å². The first kappa shape index (κ1) is 22.8. The molecule has 172 valence electrons. The highest BCUT2D eigenvalue weighted by Gasteiger charge is 2.31. The lowest BCUT2D eigenvalue weighted by atomic mass is 10.2. The van der Waals surface area contributed by atoms with Crippen molar-refractivity contribution in [1.82, 2.24) is 14.5 Å². The zero-order valence-electron chi connectivity index (χ0n) is 17.3. The minimum atomic E-state index is -4.78. The van der Waals surface area contributed by atoms with Gasteiger partial charge in [-0.15, -0.1) is 13.2 Å². The molecule has 0 spiro atoms. The van der Waals surface area contributed by atoms with Gasteiger partial charge in [-0.25, -0.2) is 4.79 Å². The van der Waals surface area contributed by atoms with Crippen LogP contribution in [0.4, 0.5) is 18.9 Å². The summed E-state index contributed by atoms with van der Waals surface area (Å²) >= 11 is 1.17. The molecule has 2 heterocycles. The average Bonchev–Trinajstić information content (AvgIpc) is 3.26. The largest absolute Gasteiger partial charge is 0.573 e. The molecule has 7 nitrogen and oxygen atoms in total. The Kier molecular flexibility index (Phi) is 6.68. The smallest absolute Gasteiger partial charge is 0.406 e. The third-order valence-corrected chi connectivity index (χ3v) is 5.99. The summed E-state index contributed by atoms with van der Waals surface area (Å²) in [4.78, 5) is 33.3. The number of carbonyl (C=O) groups is 1. The summed E-state index contributed by atoms with van der Waals surface area (Å²) in [5.41, 5.74) is 2.77. The van der Waals surface area contributed by atoms with Crippen LogP contribution in [0.5, 0.6) is 5.75 Å². The van der Waals surface area contributed by atoms with Gasteiger partial charge >= 0.3 is 12.1 Å². The Bertz CT molecular complexity index is 1200. The molecule has 33 heavy (non-hydrogen) atoms. The van der Waals surface area contributed by atoms with Gasteiger partial charge in [0, 0.05) is 29.3 Å². The molecule has 0 bridgehead atoms. The van der Waals surface area contributed by atoms with E-state index in [4.69, 9.17) is 0 Å². The molecule has 0 unspecified atom stereocenters. The van der Waals surface area contributed by atoms with E-state index in [0.717, 1.165) is 48.2 Å². The number of nitrogens with zero attached hydrogens (tertiary/aromatic N) is 3. The molecule has 1 N–H and O–H groups in total. The second-order valence-corrected chi connectivity index (χ2v) is 8.30. The lowest BCUT2D eigenvalue weighted by Gasteiger charge is -2.14. The maximum absolute atomic E-state index is 12.7. The van der Waals surface area contributed by atoms with Crippen LogP contribution in [0.25, 0.3) is 0 Å². The minimum absolute atomic E-state index is 0.00625. The Balaban J connectivity index is 1.41. The van der Waals surface area contributed by atoms with E-state index in [-0.39, 0.29) is 23.1 Å². The molecule has 1 aromatic carbocycles. The number of thioether (sulfide) groups is 1. The van der Waals surface area contributed by atoms with Gasteiger partial charge in [-0.05, 0) is 55.2 Å². The first-order chi connectivity index (χ1) is 15.8. The Morgan fingerprint density at radius 1 is 1.18 bits per heavy atom. The molecule has 1 aliphatic rings. The molecule has 0 radical (unpaired) electrons. The van der Waals surface area contributed by atoms with E-state index in [1.165, 1.54) is 23.9 Å². The Morgan fingerprint density at radius 2 is 1.97 bits per heavy atom. The van der Waals surface area contributed by atoms with Crippen LogP contribution in [0.1, 0.15) is 23.2 Å². The number of carbonyl (C=O) groups excluding carboxylic acids is 1. The van der Waals surface area contributed by atoms with E-state index < -0.39 is 6.36 Å². The number of benzene rings is 1. The highest BCUT2D eigenvalue weighted by Crippen LogP contribution is 2.30. The molecule has 0 atom stereocenters. The molecule has 1 amide bonds. The molecule has 0 saturated carbocycles. The van der Waals surface area contributed by atoms with E-state index in [2.05, 4.69) is 20.0 Å². The number of fused-ring (bicyclic) bond motifs is 1. The summed E-state index contributed by atoms with van der Waals surface area (Å²) < 4.78 is 42.2. The zero-order valence-corrected chi connectivity index (χ0v) is 18.1. The van der Waals surface area contributed by atoms with Gasteiger partial charge in [0.1, 0.15) is 10.8 Å². The molecule has 1 aliphatic carbocycles. The third kappa shape index (κ3) is 5.92. The van der Waals surface area contributed by atoms with E-state index >= 15 is 0 Å². The minimum Gasteiger partial charge on any atom is -0.406 e. The number of nitrogens with one attached hydrogen (secondary N) is 1. The maximum Gasteiger partial charge on any atom is 0.573 e. The van der Waals surface area contributed by atoms with Gasteiger partial charge < -0.3 is 10.1 Å². The van der Waals surface area contributed by atoms with Crippen molar-refractivity contribution in [3.8, 4) is 5.75 Å². The molecular weight excluding hydrogens is 457 g/mol. The maximum atomic E-state index is 12.7. The predicted molar refractivity (Wildman–Crippen MR) is 116 cm³/mol. The number of aromatic nitrogens is 3.